The number of aromatic nitrogens is 4. The molecule has 0 aromatic carbocycles. The molecule has 5 heteroatoms. The average molecular weight is 283 g/mol. The fourth-order valence-corrected chi connectivity index (χ4v) is 2.53. The Balaban J connectivity index is 2.30. The van der Waals surface area contributed by atoms with Gasteiger partial charge in [0.1, 0.15) is 5.82 Å². The minimum atomic E-state index is 0.466. The molecule has 0 bridgehead atoms. The Morgan fingerprint density at radius 2 is 2.25 bits per heavy atom. The maximum absolute atomic E-state index is 4.39. The molecule has 16 heavy (non-hydrogen) atoms. The van der Waals surface area contributed by atoms with E-state index in [0.29, 0.717) is 4.83 Å². The highest BCUT2D eigenvalue weighted by Crippen LogP contribution is 2.16. The topological polar surface area (TPSA) is 43.1 Å². The van der Waals surface area contributed by atoms with Crippen molar-refractivity contribution in [3.05, 3.63) is 23.9 Å². The summed E-state index contributed by atoms with van der Waals surface area (Å²) in [6.45, 7) is 4.13. The Kier molecular flexibility index (Phi) is 3.53. The Morgan fingerprint density at radius 1 is 1.44 bits per heavy atom. The Bertz CT molecular complexity index is 480. The molecule has 0 saturated heterocycles. The molecular formula is C11H15BrN4. The van der Waals surface area contributed by atoms with E-state index in [0.717, 1.165) is 30.0 Å². The van der Waals surface area contributed by atoms with Crippen molar-refractivity contribution in [2.24, 2.45) is 0 Å². The van der Waals surface area contributed by atoms with Crippen molar-refractivity contribution in [1.82, 2.24) is 19.6 Å². The second kappa shape index (κ2) is 4.91. The Labute approximate surface area is 103 Å². The molecule has 0 amide bonds. The molecule has 2 rings (SSSR count). The molecule has 2 aromatic rings. The summed E-state index contributed by atoms with van der Waals surface area (Å²) in [6, 6.07) is 0. The molecule has 0 spiro atoms. The minimum Gasteiger partial charge on any atom is -0.284 e. The summed E-state index contributed by atoms with van der Waals surface area (Å²) in [5, 5.41) is 8.23. The minimum absolute atomic E-state index is 0.466. The molecule has 0 aliphatic heterocycles. The van der Waals surface area contributed by atoms with Crippen LogP contribution in [0.15, 0.2) is 12.4 Å². The second-order valence-electron chi connectivity index (χ2n) is 3.90. The Hall–Kier alpha value is -0.970. The number of hydrogen-bond donors (Lipinski definition) is 0. The number of aryl methyl sites for hydroxylation is 1. The Morgan fingerprint density at radius 3 is 3.00 bits per heavy atom. The number of nitrogens with zero attached hydrogens (tertiary/aromatic N) is 4. The van der Waals surface area contributed by atoms with Gasteiger partial charge in [-0.2, -0.15) is 0 Å². The zero-order valence-electron chi connectivity index (χ0n) is 9.52. The van der Waals surface area contributed by atoms with Gasteiger partial charge in [0.15, 0.2) is 5.65 Å². The maximum atomic E-state index is 4.39. The molecule has 2 aromatic heterocycles. The van der Waals surface area contributed by atoms with Gasteiger partial charge in [-0.3, -0.25) is 9.38 Å². The molecule has 4 nitrogen and oxygen atoms in total. The van der Waals surface area contributed by atoms with E-state index in [1.807, 2.05) is 23.7 Å². The van der Waals surface area contributed by atoms with Crippen LogP contribution in [-0.4, -0.2) is 24.4 Å². The van der Waals surface area contributed by atoms with Crippen molar-refractivity contribution in [2.75, 3.05) is 0 Å². The van der Waals surface area contributed by atoms with Gasteiger partial charge in [0.25, 0.3) is 0 Å². The first kappa shape index (κ1) is 11.5. The van der Waals surface area contributed by atoms with Gasteiger partial charge < -0.3 is 0 Å². The molecule has 0 radical (unpaired) electrons. The highest BCUT2D eigenvalue weighted by molar-refractivity contribution is 9.09. The predicted molar refractivity (Wildman–Crippen MR) is 66.8 cm³/mol. The summed E-state index contributed by atoms with van der Waals surface area (Å²) >= 11 is 3.67. The number of fused-ring (bicyclic) bond motifs is 1. The molecule has 1 unspecified atom stereocenters. The maximum Gasteiger partial charge on any atom is 0.182 e. The first-order valence-electron chi connectivity index (χ1n) is 5.51. The van der Waals surface area contributed by atoms with Crippen LogP contribution in [0.4, 0.5) is 0 Å². The summed E-state index contributed by atoms with van der Waals surface area (Å²) in [4.78, 5) is 4.86. The molecule has 0 N–H and O–H groups in total. The first-order chi connectivity index (χ1) is 7.72. The molecule has 0 aliphatic rings. The number of halogens is 1. The van der Waals surface area contributed by atoms with Crippen LogP contribution in [0.3, 0.4) is 0 Å². The van der Waals surface area contributed by atoms with Crippen molar-refractivity contribution in [1.29, 1.82) is 0 Å². The van der Waals surface area contributed by atoms with Crippen molar-refractivity contribution in [3.8, 4) is 0 Å². The molecule has 0 aliphatic carbocycles. The van der Waals surface area contributed by atoms with Crippen LogP contribution in [0.1, 0.15) is 31.3 Å². The van der Waals surface area contributed by atoms with Crippen LogP contribution >= 0.6 is 15.9 Å². The molecule has 0 saturated carbocycles. The molecule has 86 valence electrons. The second-order valence-corrected chi connectivity index (χ2v) is 5.20. The lowest BCUT2D eigenvalue weighted by Gasteiger charge is -2.07. The van der Waals surface area contributed by atoms with Gasteiger partial charge in [-0.15, -0.1) is 10.2 Å². The highest BCUT2D eigenvalue weighted by atomic mass is 79.9. The third kappa shape index (κ3) is 2.24. The normalized spacial score (nSPS) is 13.2. The fraction of sp³-hybridized carbons (Fsp3) is 0.545. The van der Waals surface area contributed by atoms with Gasteiger partial charge in [-0.05, 0) is 13.3 Å². The van der Waals surface area contributed by atoms with Crippen molar-refractivity contribution < 1.29 is 0 Å². The van der Waals surface area contributed by atoms with E-state index < -0.39 is 0 Å². The summed E-state index contributed by atoms with van der Waals surface area (Å²) in [5.41, 5.74) is 1.89. The lowest BCUT2D eigenvalue weighted by Crippen LogP contribution is -2.06. The van der Waals surface area contributed by atoms with Crippen molar-refractivity contribution >= 4 is 21.6 Å². The van der Waals surface area contributed by atoms with E-state index in [1.54, 1.807) is 0 Å². The van der Waals surface area contributed by atoms with Crippen LogP contribution in [0, 0.1) is 6.92 Å². The molecule has 0 fully saturated rings. The quantitative estimate of drug-likeness (QED) is 0.810. The SMILES string of the molecule is CCCC(Br)Cc1nccn2c(C)nnc12. The zero-order chi connectivity index (χ0) is 11.5. The average Bonchev–Trinajstić information content (AvgIpc) is 2.62. The van der Waals surface area contributed by atoms with E-state index >= 15 is 0 Å². The van der Waals surface area contributed by atoms with Crippen molar-refractivity contribution in [3.63, 3.8) is 0 Å². The van der Waals surface area contributed by atoms with Crippen LogP contribution in [0.5, 0.6) is 0 Å². The van der Waals surface area contributed by atoms with E-state index in [9.17, 15) is 0 Å². The van der Waals surface area contributed by atoms with Crippen LogP contribution in [0.2, 0.25) is 0 Å². The van der Waals surface area contributed by atoms with Gasteiger partial charge in [0, 0.05) is 23.6 Å². The van der Waals surface area contributed by atoms with E-state index in [4.69, 9.17) is 0 Å². The first-order valence-corrected chi connectivity index (χ1v) is 6.43. The third-order valence-electron chi connectivity index (χ3n) is 2.59. The lowest BCUT2D eigenvalue weighted by atomic mass is 10.1. The zero-order valence-corrected chi connectivity index (χ0v) is 11.1. The molecule has 2 heterocycles. The highest BCUT2D eigenvalue weighted by Gasteiger charge is 2.11. The smallest absolute Gasteiger partial charge is 0.182 e. The summed E-state index contributed by atoms with van der Waals surface area (Å²) in [5.74, 6) is 0.903. The monoisotopic (exact) mass is 282 g/mol. The summed E-state index contributed by atoms with van der Waals surface area (Å²) < 4.78 is 1.98. The van der Waals surface area contributed by atoms with Gasteiger partial charge in [0.05, 0.1) is 5.69 Å². The number of alkyl halides is 1. The number of hydrogen-bond acceptors (Lipinski definition) is 3. The van der Waals surface area contributed by atoms with E-state index in [1.165, 1.54) is 6.42 Å². The summed E-state index contributed by atoms with van der Waals surface area (Å²) in [7, 11) is 0. The van der Waals surface area contributed by atoms with Gasteiger partial charge >= 0.3 is 0 Å². The summed E-state index contributed by atoms with van der Waals surface area (Å²) in [6.07, 6.45) is 6.93. The third-order valence-corrected chi connectivity index (χ3v) is 3.37. The predicted octanol–water partition coefficient (Wildman–Crippen LogP) is 2.54. The van der Waals surface area contributed by atoms with Crippen LogP contribution in [0.25, 0.3) is 5.65 Å². The van der Waals surface area contributed by atoms with E-state index in [2.05, 4.69) is 38.0 Å². The van der Waals surface area contributed by atoms with Crippen LogP contribution < -0.4 is 0 Å². The largest absolute Gasteiger partial charge is 0.284 e. The molecule has 1 atom stereocenters. The van der Waals surface area contributed by atoms with Gasteiger partial charge in [0.2, 0.25) is 0 Å². The molecular weight excluding hydrogens is 268 g/mol. The number of rotatable bonds is 4. The lowest BCUT2D eigenvalue weighted by molar-refractivity contribution is 0.733. The van der Waals surface area contributed by atoms with Gasteiger partial charge in [-0.1, -0.05) is 29.3 Å². The van der Waals surface area contributed by atoms with E-state index in [-0.39, 0.29) is 0 Å². The van der Waals surface area contributed by atoms with Crippen molar-refractivity contribution in [2.45, 2.75) is 37.9 Å². The van der Waals surface area contributed by atoms with Gasteiger partial charge in [-0.25, -0.2) is 0 Å². The van der Waals surface area contributed by atoms with Crippen LogP contribution in [-0.2, 0) is 6.42 Å². The fourth-order valence-electron chi connectivity index (χ4n) is 1.76. The standard InChI is InChI=1S/C11H15BrN4/c1-3-4-9(12)7-10-11-15-14-8(2)16(11)6-5-13-10/h5-6,9H,3-4,7H2,1-2H3.